The summed E-state index contributed by atoms with van der Waals surface area (Å²) in [5.74, 6) is -6.73. The fourth-order valence-electron chi connectivity index (χ4n) is 5.94. The average Bonchev–Trinajstić information content (AvgIpc) is 3.09. The smallest absolute Gasteiger partial charge is 0.306 e. The van der Waals surface area contributed by atoms with Crippen LogP contribution in [0.1, 0.15) is 182 Å². The van der Waals surface area contributed by atoms with Crippen LogP contribution in [0.15, 0.2) is 24.3 Å². The highest BCUT2D eigenvalue weighted by Gasteiger charge is 2.25. The quantitative estimate of drug-likeness (QED) is 0.0208. The molecule has 0 spiro atoms. The molecule has 0 bridgehead atoms. The normalized spacial score (nSPS) is 14.1. The van der Waals surface area contributed by atoms with E-state index in [0.29, 0.717) is 32.1 Å². The molecule has 0 fully saturated rings. The first kappa shape index (κ1) is 51.6. The van der Waals surface area contributed by atoms with Gasteiger partial charge < -0.3 is 19.1 Å². The molecule has 0 aliphatic rings. The molecule has 0 saturated carbocycles. The van der Waals surface area contributed by atoms with Gasteiger partial charge >= 0.3 is 17.9 Å². The zero-order valence-corrected chi connectivity index (χ0v) is 34.6. The first-order valence-electron chi connectivity index (χ1n) is 21.0. The lowest BCUT2D eigenvalue weighted by molar-refractivity contribution is -0.150. The van der Waals surface area contributed by atoms with Crippen LogP contribution < -0.4 is 0 Å². The Bertz CT molecular complexity index is 969. The van der Waals surface area contributed by atoms with Gasteiger partial charge in [-0.05, 0) is 117 Å². The summed E-state index contributed by atoms with van der Waals surface area (Å²) in [5, 5.41) is 0. The number of halogens is 4. The van der Waals surface area contributed by atoms with Crippen molar-refractivity contribution in [3.8, 4) is 0 Å². The number of alkyl halides is 4. The molecule has 316 valence electrons. The Morgan fingerprint density at radius 3 is 1.31 bits per heavy atom. The first-order chi connectivity index (χ1) is 25.6. The average molecular weight is 778 g/mol. The Kier molecular flexibility index (Phi) is 30.3. The van der Waals surface area contributed by atoms with Crippen molar-refractivity contribution in [2.24, 2.45) is 0 Å². The van der Waals surface area contributed by atoms with E-state index in [1.54, 1.807) is 13.8 Å². The molecule has 0 aliphatic heterocycles. The summed E-state index contributed by atoms with van der Waals surface area (Å²) in [4.78, 5) is 38.9. The molecule has 0 amide bonds. The molecule has 0 aromatic heterocycles. The molecular formula is C43H75F4NO6. The molecule has 54 heavy (non-hydrogen) atoms. The van der Waals surface area contributed by atoms with Gasteiger partial charge in [-0.15, -0.1) is 0 Å². The van der Waals surface area contributed by atoms with Crippen molar-refractivity contribution in [3.63, 3.8) is 0 Å². The van der Waals surface area contributed by atoms with E-state index in [2.05, 4.69) is 0 Å². The van der Waals surface area contributed by atoms with Crippen molar-refractivity contribution in [3.05, 3.63) is 24.3 Å². The monoisotopic (exact) mass is 778 g/mol. The Morgan fingerprint density at radius 1 is 0.537 bits per heavy atom. The first-order valence-corrected chi connectivity index (χ1v) is 21.0. The number of carbonyl (C=O) groups excluding carboxylic acids is 3. The molecule has 0 rings (SSSR count). The largest absolute Gasteiger partial charge is 0.462 e. The number of allylic oxidation sites excluding steroid dienone is 2. The minimum Gasteiger partial charge on any atom is -0.462 e. The lowest BCUT2D eigenvalue weighted by atomic mass is 10.0. The topological polar surface area (TPSA) is 82.1 Å². The van der Waals surface area contributed by atoms with Crippen molar-refractivity contribution < 1.29 is 46.2 Å². The molecule has 0 aromatic rings. The standard InChI is InChI=1S/C43H75F4NO6/c1-7-9-21-31-42(44,45)33-29-36(3)52-39(49)26-19-15-11-13-17-24-38(54-41(51)28-23-35-48(5)6)25-18-14-12-16-20-27-40(50)53-37(4)30-34-43(46,47)32-22-10-8-2/h29-30,33-34,36-38H,7-28,31-32,35H2,1-6H3/b33-29-,34-30-. The van der Waals surface area contributed by atoms with Gasteiger partial charge in [0, 0.05) is 32.1 Å². The highest BCUT2D eigenvalue weighted by atomic mass is 19.3. The Morgan fingerprint density at radius 2 is 0.907 bits per heavy atom. The Labute approximate surface area is 325 Å². The number of unbranched alkanes of at least 4 members (excludes halogenated alkanes) is 12. The van der Waals surface area contributed by atoms with Crippen LogP contribution >= 0.6 is 0 Å². The minimum atomic E-state index is -2.89. The highest BCUT2D eigenvalue weighted by molar-refractivity contribution is 5.70. The predicted molar refractivity (Wildman–Crippen MR) is 210 cm³/mol. The summed E-state index contributed by atoms with van der Waals surface area (Å²) >= 11 is 0. The molecule has 0 aliphatic carbocycles. The maximum Gasteiger partial charge on any atom is 0.306 e. The SMILES string of the molecule is CCCCCC(F)(F)/C=C\C(C)OC(=O)CCCCCCCC(CCCCCCCC(=O)OC(C)/C=C\C(F)(F)CCCCC)OC(=O)CCCN(C)C. The van der Waals surface area contributed by atoms with Gasteiger partial charge in [-0.25, -0.2) is 17.6 Å². The van der Waals surface area contributed by atoms with Gasteiger partial charge in [0.05, 0.1) is 0 Å². The van der Waals surface area contributed by atoms with Crippen LogP contribution in [0.25, 0.3) is 0 Å². The van der Waals surface area contributed by atoms with Crippen LogP contribution in [0.3, 0.4) is 0 Å². The van der Waals surface area contributed by atoms with E-state index < -0.39 is 24.1 Å². The lowest BCUT2D eigenvalue weighted by Gasteiger charge is -2.18. The molecule has 0 aromatic carbocycles. The Balaban J connectivity index is 4.43. The molecule has 0 N–H and O–H groups in total. The third kappa shape index (κ3) is 33.0. The molecule has 0 heterocycles. The molecule has 2 atom stereocenters. The van der Waals surface area contributed by atoms with Gasteiger partial charge in [0.1, 0.15) is 18.3 Å². The molecule has 2 unspecified atom stereocenters. The molecular weight excluding hydrogens is 702 g/mol. The zero-order valence-electron chi connectivity index (χ0n) is 34.6. The van der Waals surface area contributed by atoms with E-state index in [1.807, 2.05) is 32.8 Å². The fraction of sp³-hybridized carbons (Fsp3) is 0.837. The number of hydrogen-bond acceptors (Lipinski definition) is 7. The number of rotatable bonds is 35. The van der Waals surface area contributed by atoms with Crippen LogP contribution in [0.5, 0.6) is 0 Å². The van der Waals surface area contributed by atoms with Crippen molar-refractivity contribution in [2.75, 3.05) is 20.6 Å². The molecule has 0 radical (unpaired) electrons. The van der Waals surface area contributed by atoms with E-state index in [1.165, 1.54) is 12.2 Å². The summed E-state index contributed by atoms with van der Waals surface area (Å²) < 4.78 is 72.2. The zero-order chi connectivity index (χ0) is 40.7. The second-order valence-corrected chi connectivity index (χ2v) is 15.2. The number of hydrogen-bond donors (Lipinski definition) is 0. The number of carbonyl (C=O) groups is 3. The third-order valence-electron chi connectivity index (χ3n) is 9.18. The van der Waals surface area contributed by atoms with Crippen LogP contribution in [0.2, 0.25) is 0 Å². The summed E-state index contributed by atoms with van der Waals surface area (Å²) in [6.07, 6.45) is 18.3. The minimum absolute atomic E-state index is 0.149. The van der Waals surface area contributed by atoms with Gasteiger partial charge in [0.25, 0.3) is 11.8 Å². The number of ether oxygens (including phenoxy) is 3. The summed E-state index contributed by atoms with van der Waals surface area (Å²) in [6, 6.07) is 0. The van der Waals surface area contributed by atoms with Crippen molar-refractivity contribution >= 4 is 17.9 Å². The van der Waals surface area contributed by atoms with Gasteiger partial charge in [0.2, 0.25) is 0 Å². The predicted octanol–water partition coefficient (Wildman–Crippen LogP) is 12.1. The third-order valence-corrected chi connectivity index (χ3v) is 9.18. The fourth-order valence-corrected chi connectivity index (χ4v) is 5.94. The van der Waals surface area contributed by atoms with E-state index in [4.69, 9.17) is 14.2 Å². The van der Waals surface area contributed by atoms with Crippen molar-refractivity contribution in [1.82, 2.24) is 4.90 Å². The second-order valence-electron chi connectivity index (χ2n) is 15.2. The molecule has 0 saturated heterocycles. The van der Waals surface area contributed by atoms with Gasteiger partial charge in [-0.2, -0.15) is 0 Å². The summed E-state index contributed by atoms with van der Waals surface area (Å²) in [6.45, 7) is 7.94. The number of nitrogens with zero attached hydrogens (tertiary/aromatic N) is 1. The molecule has 11 heteroatoms. The van der Waals surface area contributed by atoms with Crippen molar-refractivity contribution in [2.45, 2.75) is 212 Å². The van der Waals surface area contributed by atoms with Crippen LogP contribution in [0.4, 0.5) is 17.6 Å². The molecule has 7 nitrogen and oxygen atoms in total. The van der Waals surface area contributed by atoms with E-state index in [9.17, 15) is 31.9 Å². The Hall–Kier alpha value is -2.43. The van der Waals surface area contributed by atoms with E-state index >= 15 is 0 Å². The van der Waals surface area contributed by atoms with Crippen LogP contribution in [-0.2, 0) is 28.6 Å². The van der Waals surface area contributed by atoms with Crippen LogP contribution in [0, 0.1) is 0 Å². The van der Waals surface area contributed by atoms with Gasteiger partial charge in [0.15, 0.2) is 0 Å². The second kappa shape index (κ2) is 31.7. The van der Waals surface area contributed by atoms with E-state index in [-0.39, 0.29) is 49.7 Å². The summed E-state index contributed by atoms with van der Waals surface area (Å²) in [5.41, 5.74) is 0. The van der Waals surface area contributed by atoms with E-state index in [0.717, 1.165) is 115 Å². The number of esters is 3. The highest BCUT2D eigenvalue weighted by Crippen LogP contribution is 2.25. The maximum atomic E-state index is 13.9. The van der Waals surface area contributed by atoms with Gasteiger partial charge in [-0.3, -0.25) is 14.4 Å². The maximum absolute atomic E-state index is 13.9. The van der Waals surface area contributed by atoms with Crippen LogP contribution in [-0.4, -0.2) is 73.6 Å². The van der Waals surface area contributed by atoms with Gasteiger partial charge in [-0.1, -0.05) is 78.1 Å². The summed E-state index contributed by atoms with van der Waals surface area (Å²) in [7, 11) is 3.94. The van der Waals surface area contributed by atoms with Crippen molar-refractivity contribution in [1.29, 1.82) is 0 Å². The lowest BCUT2D eigenvalue weighted by Crippen LogP contribution is -2.20.